The third kappa shape index (κ3) is 7.17. The second-order valence-electron chi connectivity index (χ2n) is 11.4. The molecule has 1 aromatic heterocycles. The molecule has 0 saturated carbocycles. The highest BCUT2D eigenvalue weighted by Gasteiger charge is 2.35. The van der Waals surface area contributed by atoms with Gasteiger partial charge in [0.15, 0.2) is 11.5 Å². The number of carbonyl (C=O) groups excluding carboxylic acids is 1. The molecule has 1 amide bonds. The Balaban J connectivity index is 1.51. The molecule has 0 bridgehead atoms. The van der Waals surface area contributed by atoms with Gasteiger partial charge in [0, 0.05) is 11.4 Å². The van der Waals surface area contributed by atoms with Gasteiger partial charge in [0.05, 0.1) is 25.0 Å². The largest absolute Gasteiger partial charge is 0.493 e. The number of rotatable bonds is 13. The summed E-state index contributed by atoms with van der Waals surface area (Å²) in [5, 5.41) is 11.9. The van der Waals surface area contributed by atoms with Crippen molar-refractivity contribution >= 4 is 29.3 Å². The topological polar surface area (TPSA) is 99.5 Å². The van der Waals surface area contributed by atoms with Crippen LogP contribution in [0.5, 0.6) is 17.2 Å². The smallest absolute Gasteiger partial charge is 0.255 e. The van der Waals surface area contributed by atoms with Gasteiger partial charge in [-0.05, 0) is 93.1 Å². The number of aryl methyl sites for hydroxylation is 3. The Kier molecular flexibility index (Phi) is 10.6. The predicted molar refractivity (Wildman–Crippen MR) is 184 cm³/mol. The number of aromatic nitrogens is 3. The Morgan fingerprint density at radius 1 is 0.957 bits per heavy atom. The number of amides is 1. The fourth-order valence-corrected chi connectivity index (χ4v) is 6.36. The number of nitrogens with zero attached hydrogens (tertiary/aromatic N) is 3. The van der Waals surface area contributed by atoms with Crippen molar-refractivity contribution in [2.75, 3.05) is 30.1 Å². The van der Waals surface area contributed by atoms with Gasteiger partial charge in [-0.3, -0.25) is 4.79 Å². The van der Waals surface area contributed by atoms with Crippen LogP contribution >= 0.6 is 11.8 Å². The molecule has 1 aliphatic heterocycles. The Hall–Kier alpha value is -4.44. The van der Waals surface area contributed by atoms with Crippen LogP contribution in [0.25, 0.3) is 0 Å². The van der Waals surface area contributed by atoms with Crippen LogP contribution in [0.3, 0.4) is 0 Å². The number of methoxy groups -OCH3 is 1. The number of allylic oxidation sites excluding steroid dienone is 1. The van der Waals surface area contributed by atoms with E-state index in [0.29, 0.717) is 58.5 Å². The monoisotopic (exact) mass is 641 g/mol. The number of nitrogens with one attached hydrogen (secondary N) is 2. The summed E-state index contributed by atoms with van der Waals surface area (Å²) in [5.41, 5.74) is 7.39. The van der Waals surface area contributed by atoms with Crippen molar-refractivity contribution in [1.29, 1.82) is 0 Å². The number of para-hydroxylation sites is 2. The molecule has 9 nitrogen and oxygen atoms in total. The number of benzene rings is 3. The minimum atomic E-state index is -0.575. The van der Waals surface area contributed by atoms with Crippen molar-refractivity contribution in [2.24, 2.45) is 0 Å². The molecular formula is C36H43N5O4S. The fraction of sp³-hybridized carbons (Fsp3) is 0.361. The van der Waals surface area contributed by atoms with E-state index in [1.807, 2.05) is 56.3 Å². The predicted octanol–water partition coefficient (Wildman–Crippen LogP) is 8.01. The molecule has 3 aromatic carbocycles. The van der Waals surface area contributed by atoms with Crippen LogP contribution in [0.15, 0.2) is 71.0 Å². The van der Waals surface area contributed by atoms with E-state index in [9.17, 15) is 4.79 Å². The molecule has 1 aliphatic rings. The van der Waals surface area contributed by atoms with Gasteiger partial charge < -0.3 is 24.8 Å². The molecule has 2 N–H and O–H groups in total. The van der Waals surface area contributed by atoms with Gasteiger partial charge in [-0.15, -0.1) is 5.10 Å². The zero-order valence-corrected chi connectivity index (χ0v) is 28.5. The number of hydrogen-bond donors (Lipinski definition) is 2. The van der Waals surface area contributed by atoms with Crippen molar-refractivity contribution < 1.29 is 19.0 Å². The van der Waals surface area contributed by atoms with Crippen LogP contribution in [0, 0.1) is 20.8 Å². The summed E-state index contributed by atoms with van der Waals surface area (Å²) in [6.45, 7) is 13.2. The van der Waals surface area contributed by atoms with E-state index in [1.54, 1.807) is 23.6 Å². The molecule has 5 rings (SSSR count). The maximum Gasteiger partial charge on any atom is 0.255 e. The maximum atomic E-state index is 14.1. The van der Waals surface area contributed by atoms with Gasteiger partial charge in [-0.25, -0.2) is 4.68 Å². The van der Waals surface area contributed by atoms with Crippen LogP contribution in [0.1, 0.15) is 67.5 Å². The molecule has 242 valence electrons. The Morgan fingerprint density at radius 2 is 1.74 bits per heavy atom. The van der Waals surface area contributed by atoms with Crippen molar-refractivity contribution in [2.45, 2.75) is 72.2 Å². The molecule has 10 heteroatoms. The van der Waals surface area contributed by atoms with Gasteiger partial charge in [0.1, 0.15) is 18.4 Å². The van der Waals surface area contributed by atoms with E-state index in [-0.39, 0.29) is 5.91 Å². The number of thioether (sulfide) groups is 1. The van der Waals surface area contributed by atoms with Gasteiger partial charge in [-0.2, -0.15) is 4.98 Å². The molecule has 4 aromatic rings. The average molecular weight is 642 g/mol. The van der Waals surface area contributed by atoms with Gasteiger partial charge in [-0.1, -0.05) is 55.4 Å². The molecule has 1 unspecified atom stereocenters. The molecule has 0 spiro atoms. The second kappa shape index (κ2) is 14.8. The van der Waals surface area contributed by atoms with Crippen molar-refractivity contribution in [3.8, 4) is 17.2 Å². The summed E-state index contributed by atoms with van der Waals surface area (Å²) in [7, 11) is 1.62. The Morgan fingerprint density at radius 3 is 2.50 bits per heavy atom. The summed E-state index contributed by atoms with van der Waals surface area (Å²) >= 11 is 1.61. The first kappa shape index (κ1) is 32.9. The number of fused-ring (bicyclic) bond motifs is 1. The zero-order chi connectivity index (χ0) is 32.8. The molecule has 46 heavy (non-hydrogen) atoms. The van der Waals surface area contributed by atoms with Crippen LogP contribution in [0.2, 0.25) is 0 Å². The van der Waals surface area contributed by atoms with E-state index < -0.39 is 6.04 Å². The highest BCUT2D eigenvalue weighted by Crippen LogP contribution is 2.40. The molecule has 0 radical (unpaired) electrons. The third-order valence-corrected chi connectivity index (χ3v) is 9.00. The van der Waals surface area contributed by atoms with Crippen molar-refractivity contribution in [3.63, 3.8) is 0 Å². The lowest BCUT2D eigenvalue weighted by atomic mass is 9.94. The molecule has 2 heterocycles. The summed E-state index contributed by atoms with van der Waals surface area (Å²) < 4.78 is 19.7. The minimum absolute atomic E-state index is 0.270. The first-order valence-corrected chi connectivity index (χ1v) is 16.7. The minimum Gasteiger partial charge on any atom is -0.493 e. The van der Waals surface area contributed by atoms with Crippen LogP contribution < -0.4 is 24.8 Å². The van der Waals surface area contributed by atoms with E-state index >= 15 is 0 Å². The lowest BCUT2D eigenvalue weighted by Crippen LogP contribution is -2.31. The quantitative estimate of drug-likeness (QED) is 0.112. The summed E-state index contributed by atoms with van der Waals surface area (Å²) in [5.74, 6) is 3.01. The molecular weight excluding hydrogens is 598 g/mol. The van der Waals surface area contributed by atoms with Gasteiger partial charge in [0.2, 0.25) is 11.1 Å². The standard InChI is InChI=1S/C36H43N5O4S/c1-8-10-17-46-36-39-35-37-25(6)32(34(42)38-28-13-11-12-14-29(28)44-9-2)33(41(35)40-36)26-15-16-30(31(20-26)43-7)45-21-27-19-23(4)22(3)18-24(27)5/h11-16,18-20,33H,8-10,17,21H2,1-7H3,(H,38,42)(H,37,39,40). The van der Waals surface area contributed by atoms with E-state index in [1.165, 1.54) is 16.7 Å². The normalized spacial score (nSPS) is 14.0. The van der Waals surface area contributed by atoms with E-state index in [4.69, 9.17) is 24.3 Å². The lowest BCUT2D eigenvalue weighted by Gasteiger charge is -2.29. The highest BCUT2D eigenvalue weighted by molar-refractivity contribution is 7.99. The maximum absolute atomic E-state index is 14.1. The number of hydrogen-bond acceptors (Lipinski definition) is 8. The Bertz CT molecular complexity index is 1750. The number of ether oxygens (including phenoxy) is 3. The number of anilines is 2. The van der Waals surface area contributed by atoms with Crippen LogP contribution in [0.4, 0.5) is 11.6 Å². The zero-order valence-electron chi connectivity index (χ0n) is 27.7. The van der Waals surface area contributed by atoms with E-state index in [2.05, 4.69) is 50.5 Å². The highest BCUT2D eigenvalue weighted by atomic mass is 32.2. The molecule has 0 saturated heterocycles. The molecule has 0 fully saturated rings. The van der Waals surface area contributed by atoms with Gasteiger partial charge in [0.25, 0.3) is 5.91 Å². The van der Waals surface area contributed by atoms with Crippen molar-refractivity contribution in [3.05, 3.63) is 93.7 Å². The number of carbonyl (C=O) groups is 1. The summed E-state index contributed by atoms with van der Waals surface area (Å²) in [6, 6.07) is 17.0. The fourth-order valence-electron chi connectivity index (χ4n) is 5.45. The molecule has 0 aliphatic carbocycles. The van der Waals surface area contributed by atoms with Crippen LogP contribution in [-0.2, 0) is 11.4 Å². The SMILES string of the molecule is CCCCSc1nc2n(n1)C(c1ccc(OCc3cc(C)c(C)cc3C)c(OC)c1)C(C(=O)Nc1ccccc1OCC)=C(C)N2. The summed E-state index contributed by atoms with van der Waals surface area (Å²) in [4.78, 5) is 18.9. The Labute approximate surface area is 275 Å². The first-order chi connectivity index (χ1) is 22.2. The first-order valence-electron chi connectivity index (χ1n) is 15.7. The molecule has 1 atom stereocenters. The lowest BCUT2D eigenvalue weighted by molar-refractivity contribution is -0.113. The second-order valence-corrected chi connectivity index (χ2v) is 12.4. The van der Waals surface area contributed by atoms with Crippen molar-refractivity contribution in [1.82, 2.24) is 14.8 Å². The van der Waals surface area contributed by atoms with E-state index in [0.717, 1.165) is 29.7 Å². The third-order valence-electron chi connectivity index (χ3n) is 8.08. The number of unbranched alkanes of at least 4 members (excludes halogenated alkanes) is 1. The summed E-state index contributed by atoms with van der Waals surface area (Å²) in [6.07, 6.45) is 2.16. The average Bonchev–Trinajstić information content (AvgIpc) is 3.44. The van der Waals surface area contributed by atoms with Gasteiger partial charge >= 0.3 is 0 Å². The van der Waals surface area contributed by atoms with Crippen LogP contribution in [-0.4, -0.2) is 40.1 Å².